The number of hydrogen-bond acceptors (Lipinski definition) is 2. The zero-order valence-electron chi connectivity index (χ0n) is 8.66. The lowest BCUT2D eigenvalue weighted by Gasteiger charge is -2.33. The molecule has 15 heavy (non-hydrogen) atoms. The predicted octanol–water partition coefficient (Wildman–Crippen LogP) is 2.17. The minimum atomic E-state index is 0. The fourth-order valence-corrected chi connectivity index (χ4v) is 2.54. The van der Waals surface area contributed by atoms with Crippen LogP contribution in [0.25, 0.3) is 0 Å². The van der Waals surface area contributed by atoms with E-state index in [0.29, 0.717) is 0 Å². The molecule has 1 aromatic carbocycles. The molecule has 2 nitrogen and oxygen atoms in total. The van der Waals surface area contributed by atoms with Gasteiger partial charge in [-0.3, -0.25) is 0 Å². The monoisotopic (exact) mass is 225 g/mol. The van der Waals surface area contributed by atoms with E-state index in [2.05, 4.69) is 23.5 Å². The topological polar surface area (TPSA) is 21.3 Å². The fourth-order valence-electron chi connectivity index (χ4n) is 2.54. The number of rotatable bonds is 0. The Hall–Kier alpha value is -0.730. The average molecular weight is 226 g/mol. The van der Waals surface area contributed by atoms with Crippen LogP contribution in [0.3, 0.4) is 0 Å². The summed E-state index contributed by atoms with van der Waals surface area (Å²) in [6.07, 6.45) is 3.50. The molecular weight excluding hydrogens is 210 g/mol. The molecule has 2 aliphatic rings. The van der Waals surface area contributed by atoms with Crippen molar-refractivity contribution >= 4 is 12.4 Å². The molecule has 2 aliphatic heterocycles. The van der Waals surface area contributed by atoms with Crippen molar-refractivity contribution < 1.29 is 4.74 Å². The Morgan fingerprint density at radius 3 is 2.87 bits per heavy atom. The van der Waals surface area contributed by atoms with Crippen LogP contribution in [0, 0.1) is 0 Å². The van der Waals surface area contributed by atoms with Crippen LogP contribution in [0.4, 0.5) is 0 Å². The lowest BCUT2D eigenvalue weighted by atomic mass is 9.89. The Balaban J connectivity index is 0.000000853. The summed E-state index contributed by atoms with van der Waals surface area (Å²) in [7, 11) is 0. The van der Waals surface area contributed by atoms with Crippen molar-refractivity contribution in [2.45, 2.75) is 24.9 Å². The van der Waals surface area contributed by atoms with Gasteiger partial charge in [-0.2, -0.15) is 0 Å². The maximum absolute atomic E-state index is 6.07. The van der Waals surface area contributed by atoms with Crippen LogP contribution < -0.4 is 10.1 Å². The van der Waals surface area contributed by atoms with Gasteiger partial charge in [0.05, 0.1) is 0 Å². The second-order valence-electron chi connectivity index (χ2n) is 4.35. The van der Waals surface area contributed by atoms with Crippen molar-refractivity contribution in [1.82, 2.24) is 5.32 Å². The normalized spacial score (nSPS) is 28.0. The third-order valence-electron chi connectivity index (χ3n) is 3.24. The van der Waals surface area contributed by atoms with E-state index in [1.807, 2.05) is 6.07 Å². The second-order valence-corrected chi connectivity index (χ2v) is 4.35. The largest absolute Gasteiger partial charge is 0.485 e. The van der Waals surface area contributed by atoms with Crippen LogP contribution in [0.15, 0.2) is 24.3 Å². The summed E-state index contributed by atoms with van der Waals surface area (Å²) in [5.74, 6) is 1.09. The molecule has 1 spiro atoms. The zero-order chi connectivity index (χ0) is 9.43. The van der Waals surface area contributed by atoms with Gasteiger partial charge < -0.3 is 10.1 Å². The van der Waals surface area contributed by atoms with E-state index in [0.717, 1.165) is 25.3 Å². The second kappa shape index (κ2) is 4.03. The van der Waals surface area contributed by atoms with Gasteiger partial charge >= 0.3 is 0 Å². The van der Waals surface area contributed by atoms with E-state index in [9.17, 15) is 0 Å². The number of para-hydroxylation sites is 1. The molecule has 0 aromatic heterocycles. The molecule has 1 atom stereocenters. The molecule has 0 aliphatic carbocycles. The number of hydrogen-bond donors (Lipinski definition) is 1. The summed E-state index contributed by atoms with van der Waals surface area (Å²) in [6.45, 7) is 2.14. The highest BCUT2D eigenvalue weighted by Gasteiger charge is 2.39. The van der Waals surface area contributed by atoms with Crippen molar-refractivity contribution in [3.63, 3.8) is 0 Å². The Kier molecular flexibility index (Phi) is 2.89. The molecule has 3 rings (SSSR count). The molecule has 0 bridgehead atoms. The highest BCUT2D eigenvalue weighted by atomic mass is 35.5. The van der Waals surface area contributed by atoms with Gasteiger partial charge in [0.25, 0.3) is 0 Å². The predicted molar refractivity (Wildman–Crippen MR) is 62.9 cm³/mol. The smallest absolute Gasteiger partial charge is 0.126 e. The van der Waals surface area contributed by atoms with Crippen molar-refractivity contribution in [2.24, 2.45) is 0 Å². The van der Waals surface area contributed by atoms with Crippen LogP contribution in [0.5, 0.6) is 5.75 Å². The standard InChI is InChI=1S/C12H15NO.ClH/c1-2-5-11-10(4-1)8-12(14-11)6-3-7-13-9-12;/h1-2,4-5,13H,3,6-9H2;1H. The lowest BCUT2D eigenvalue weighted by molar-refractivity contribution is 0.0660. The first-order valence-corrected chi connectivity index (χ1v) is 5.36. The highest BCUT2D eigenvalue weighted by Crippen LogP contribution is 2.38. The molecule has 1 unspecified atom stereocenters. The van der Waals surface area contributed by atoms with E-state index in [4.69, 9.17) is 4.74 Å². The zero-order valence-corrected chi connectivity index (χ0v) is 9.48. The average Bonchev–Trinajstić information content (AvgIpc) is 2.56. The molecular formula is C12H16ClNO. The van der Waals surface area contributed by atoms with Crippen LogP contribution in [0.1, 0.15) is 18.4 Å². The van der Waals surface area contributed by atoms with Crippen molar-refractivity contribution in [3.8, 4) is 5.75 Å². The summed E-state index contributed by atoms with van der Waals surface area (Å²) in [4.78, 5) is 0. The van der Waals surface area contributed by atoms with Crippen molar-refractivity contribution in [2.75, 3.05) is 13.1 Å². The van der Waals surface area contributed by atoms with Gasteiger partial charge in [-0.05, 0) is 31.0 Å². The van der Waals surface area contributed by atoms with Gasteiger partial charge in [-0.25, -0.2) is 0 Å². The molecule has 1 fully saturated rings. The number of halogens is 1. The quantitative estimate of drug-likeness (QED) is 0.731. The van der Waals surface area contributed by atoms with E-state index in [1.165, 1.54) is 18.4 Å². The van der Waals surface area contributed by atoms with E-state index >= 15 is 0 Å². The minimum Gasteiger partial charge on any atom is -0.485 e. The number of nitrogens with one attached hydrogen (secondary N) is 1. The van der Waals surface area contributed by atoms with Gasteiger partial charge in [0.2, 0.25) is 0 Å². The van der Waals surface area contributed by atoms with Crippen LogP contribution >= 0.6 is 12.4 Å². The number of fused-ring (bicyclic) bond motifs is 1. The molecule has 0 saturated carbocycles. The molecule has 0 radical (unpaired) electrons. The Morgan fingerprint density at radius 1 is 1.27 bits per heavy atom. The van der Waals surface area contributed by atoms with Crippen molar-refractivity contribution in [3.05, 3.63) is 29.8 Å². The van der Waals surface area contributed by atoms with E-state index in [-0.39, 0.29) is 18.0 Å². The molecule has 0 amide bonds. The molecule has 2 heterocycles. The van der Waals surface area contributed by atoms with Gasteiger partial charge in [-0.15, -0.1) is 12.4 Å². The minimum absolute atomic E-state index is 0. The SMILES string of the molecule is Cl.c1ccc2c(c1)CC1(CCCNC1)O2. The molecule has 1 N–H and O–H groups in total. The summed E-state index contributed by atoms with van der Waals surface area (Å²) in [5, 5.41) is 3.43. The maximum atomic E-state index is 6.07. The number of ether oxygens (including phenoxy) is 1. The summed E-state index contributed by atoms with van der Waals surface area (Å²) < 4.78 is 6.07. The molecule has 82 valence electrons. The third-order valence-corrected chi connectivity index (χ3v) is 3.24. The summed E-state index contributed by atoms with van der Waals surface area (Å²) >= 11 is 0. The summed E-state index contributed by atoms with van der Waals surface area (Å²) in [6, 6.07) is 8.41. The number of piperidine rings is 1. The van der Waals surface area contributed by atoms with E-state index in [1.54, 1.807) is 0 Å². The van der Waals surface area contributed by atoms with Gasteiger partial charge in [0.15, 0.2) is 0 Å². The first kappa shape index (κ1) is 10.8. The third kappa shape index (κ3) is 1.84. The van der Waals surface area contributed by atoms with Crippen LogP contribution in [-0.4, -0.2) is 18.7 Å². The van der Waals surface area contributed by atoms with Crippen molar-refractivity contribution in [1.29, 1.82) is 0 Å². The maximum Gasteiger partial charge on any atom is 0.126 e. The Morgan fingerprint density at radius 2 is 2.13 bits per heavy atom. The molecule has 3 heteroatoms. The Labute approximate surface area is 96.4 Å². The fraction of sp³-hybridized carbons (Fsp3) is 0.500. The van der Waals surface area contributed by atoms with Gasteiger partial charge in [0.1, 0.15) is 11.4 Å². The first-order chi connectivity index (χ1) is 6.88. The van der Waals surface area contributed by atoms with Gasteiger partial charge in [-0.1, -0.05) is 18.2 Å². The van der Waals surface area contributed by atoms with Crippen LogP contribution in [0.2, 0.25) is 0 Å². The molecule has 1 aromatic rings. The van der Waals surface area contributed by atoms with Crippen LogP contribution in [-0.2, 0) is 6.42 Å². The Bertz CT molecular complexity index is 320. The highest BCUT2D eigenvalue weighted by molar-refractivity contribution is 5.85. The summed E-state index contributed by atoms with van der Waals surface area (Å²) in [5.41, 5.74) is 1.44. The molecule has 1 saturated heterocycles. The first-order valence-electron chi connectivity index (χ1n) is 5.36. The van der Waals surface area contributed by atoms with Gasteiger partial charge in [0, 0.05) is 13.0 Å². The lowest BCUT2D eigenvalue weighted by Crippen LogP contribution is -2.49. The number of benzene rings is 1. The van der Waals surface area contributed by atoms with E-state index < -0.39 is 0 Å².